The summed E-state index contributed by atoms with van der Waals surface area (Å²) in [6.45, 7) is 2.92. The molecule has 1 N–H and O–H groups in total. The highest BCUT2D eigenvalue weighted by Gasteiger charge is 2.15. The van der Waals surface area contributed by atoms with Crippen LogP contribution in [0.2, 0.25) is 0 Å². The summed E-state index contributed by atoms with van der Waals surface area (Å²) in [6.07, 6.45) is 6.54. The predicted molar refractivity (Wildman–Crippen MR) is 65.4 cm³/mol. The minimum atomic E-state index is -0.897. The largest absolute Gasteiger partial charge is 0.388 e. The Bertz CT molecular complexity index is 512. The van der Waals surface area contributed by atoms with E-state index in [1.165, 1.54) is 12.3 Å². The number of nitrogens with zero attached hydrogens (tertiary/aromatic N) is 3. The number of aliphatic hydroxyl groups is 1. The molecule has 0 saturated heterocycles. The first-order chi connectivity index (χ1) is 8.72. The van der Waals surface area contributed by atoms with Crippen LogP contribution in [-0.4, -0.2) is 19.6 Å². The van der Waals surface area contributed by atoms with E-state index >= 15 is 0 Å². The Morgan fingerprint density at radius 1 is 1.44 bits per heavy atom. The topological polar surface area (TPSA) is 50.9 Å². The van der Waals surface area contributed by atoms with Crippen molar-refractivity contribution in [2.45, 2.75) is 32.4 Å². The highest BCUT2D eigenvalue weighted by Crippen LogP contribution is 2.19. The fraction of sp³-hybridized carbons (Fsp3) is 0.385. The Morgan fingerprint density at radius 2 is 2.28 bits per heavy atom. The highest BCUT2D eigenvalue weighted by atomic mass is 19.1. The summed E-state index contributed by atoms with van der Waals surface area (Å²) in [7, 11) is 0. The van der Waals surface area contributed by atoms with Gasteiger partial charge in [0.1, 0.15) is 11.6 Å². The molecule has 4 nitrogen and oxygen atoms in total. The standard InChI is InChI=1S/C13H16FN3O/c1-2-6-17-7-5-16-13(17)8-12(18)10-3-4-15-9-11(10)14/h3-5,7,9,12,18H,2,6,8H2,1H3. The quantitative estimate of drug-likeness (QED) is 0.882. The molecule has 0 amide bonds. The lowest BCUT2D eigenvalue weighted by molar-refractivity contribution is 0.169. The molecule has 0 fully saturated rings. The van der Waals surface area contributed by atoms with Crippen LogP contribution in [0.15, 0.2) is 30.9 Å². The second kappa shape index (κ2) is 5.73. The van der Waals surface area contributed by atoms with Crippen LogP contribution in [0.1, 0.15) is 30.8 Å². The fourth-order valence-electron chi connectivity index (χ4n) is 1.91. The van der Waals surface area contributed by atoms with Crippen molar-refractivity contribution in [3.63, 3.8) is 0 Å². The van der Waals surface area contributed by atoms with E-state index in [1.54, 1.807) is 6.20 Å². The van der Waals surface area contributed by atoms with Gasteiger partial charge in [0, 0.05) is 37.1 Å². The molecule has 0 saturated carbocycles. The summed E-state index contributed by atoms with van der Waals surface area (Å²) in [6, 6.07) is 1.49. The van der Waals surface area contributed by atoms with Crippen molar-refractivity contribution in [1.82, 2.24) is 14.5 Å². The van der Waals surface area contributed by atoms with E-state index in [-0.39, 0.29) is 5.56 Å². The maximum absolute atomic E-state index is 13.5. The van der Waals surface area contributed by atoms with Crippen LogP contribution in [0.25, 0.3) is 0 Å². The van der Waals surface area contributed by atoms with Crippen LogP contribution in [-0.2, 0) is 13.0 Å². The zero-order valence-electron chi connectivity index (χ0n) is 10.3. The number of pyridine rings is 1. The van der Waals surface area contributed by atoms with Gasteiger partial charge in [-0.05, 0) is 12.5 Å². The molecule has 2 rings (SSSR count). The summed E-state index contributed by atoms with van der Waals surface area (Å²) in [4.78, 5) is 7.86. The smallest absolute Gasteiger partial charge is 0.147 e. The van der Waals surface area contributed by atoms with Gasteiger partial charge in [-0.3, -0.25) is 4.98 Å². The van der Waals surface area contributed by atoms with Crippen molar-refractivity contribution in [3.05, 3.63) is 48.1 Å². The van der Waals surface area contributed by atoms with Gasteiger partial charge in [0.25, 0.3) is 0 Å². The van der Waals surface area contributed by atoms with Crippen molar-refractivity contribution < 1.29 is 9.50 Å². The Kier molecular flexibility index (Phi) is 4.04. The number of aromatic nitrogens is 3. The van der Waals surface area contributed by atoms with E-state index in [0.29, 0.717) is 6.42 Å². The lowest BCUT2D eigenvalue weighted by atomic mass is 10.1. The van der Waals surface area contributed by atoms with Crippen LogP contribution in [0.3, 0.4) is 0 Å². The second-order valence-corrected chi connectivity index (χ2v) is 4.15. The van der Waals surface area contributed by atoms with Crippen LogP contribution in [0, 0.1) is 5.82 Å². The Hall–Kier alpha value is -1.75. The predicted octanol–water partition coefficient (Wildman–Crippen LogP) is 2.10. The van der Waals surface area contributed by atoms with Crippen LogP contribution in [0.5, 0.6) is 0 Å². The molecule has 0 spiro atoms. The minimum absolute atomic E-state index is 0.260. The molecule has 0 bridgehead atoms. The number of aryl methyl sites for hydroxylation is 1. The molecular formula is C13H16FN3O. The third-order valence-electron chi connectivity index (χ3n) is 2.80. The highest BCUT2D eigenvalue weighted by molar-refractivity contribution is 5.17. The van der Waals surface area contributed by atoms with E-state index in [1.807, 2.05) is 10.8 Å². The summed E-state index contributed by atoms with van der Waals surface area (Å²) in [5.74, 6) is 0.277. The monoisotopic (exact) mass is 249 g/mol. The molecule has 0 aliphatic heterocycles. The Labute approximate surface area is 105 Å². The van der Waals surface area contributed by atoms with Gasteiger partial charge in [-0.1, -0.05) is 6.92 Å². The number of hydrogen-bond donors (Lipinski definition) is 1. The zero-order chi connectivity index (χ0) is 13.0. The third kappa shape index (κ3) is 2.73. The van der Waals surface area contributed by atoms with Gasteiger partial charge in [0.2, 0.25) is 0 Å². The molecule has 1 unspecified atom stereocenters. The summed E-state index contributed by atoms with van der Waals surface area (Å²) in [5.41, 5.74) is 0.260. The van der Waals surface area contributed by atoms with Crippen LogP contribution in [0.4, 0.5) is 4.39 Å². The normalized spacial score (nSPS) is 12.6. The molecule has 2 aromatic rings. The minimum Gasteiger partial charge on any atom is -0.388 e. The van der Waals surface area contributed by atoms with Crippen molar-refractivity contribution in [2.75, 3.05) is 0 Å². The van der Waals surface area contributed by atoms with E-state index in [2.05, 4.69) is 16.9 Å². The molecule has 0 aromatic carbocycles. The molecule has 5 heteroatoms. The van der Waals surface area contributed by atoms with Gasteiger partial charge in [-0.15, -0.1) is 0 Å². The number of rotatable bonds is 5. The SMILES string of the molecule is CCCn1ccnc1CC(O)c1ccncc1F. The van der Waals surface area contributed by atoms with E-state index < -0.39 is 11.9 Å². The number of aliphatic hydroxyl groups excluding tert-OH is 1. The first kappa shape index (κ1) is 12.7. The molecular weight excluding hydrogens is 233 g/mol. The van der Waals surface area contributed by atoms with Crippen molar-refractivity contribution in [3.8, 4) is 0 Å². The number of imidazole rings is 1. The second-order valence-electron chi connectivity index (χ2n) is 4.15. The van der Waals surface area contributed by atoms with Gasteiger partial charge >= 0.3 is 0 Å². The van der Waals surface area contributed by atoms with Gasteiger partial charge in [-0.25, -0.2) is 9.37 Å². The van der Waals surface area contributed by atoms with Gasteiger partial charge in [-0.2, -0.15) is 0 Å². The Morgan fingerprint density at radius 3 is 3.00 bits per heavy atom. The average Bonchev–Trinajstić information content (AvgIpc) is 2.78. The van der Waals surface area contributed by atoms with E-state index in [9.17, 15) is 9.50 Å². The van der Waals surface area contributed by atoms with E-state index in [0.717, 1.165) is 25.0 Å². The van der Waals surface area contributed by atoms with Gasteiger partial charge in [0.15, 0.2) is 0 Å². The van der Waals surface area contributed by atoms with Crippen LogP contribution >= 0.6 is 0 Å². The maximum atomic E-state index is 13.5. The summed E-state index contributed by atoms with van der Waals surface area (Å²) in [5, 5.41) is 10.0. The molecule has 1 atom stereocenters. The molecule has 0 radical (unpaired) electrons. The van der Waals surface area contributed by atoms with Crippen molar-refractivity contribution in [1.29, 1.82) is 0 Å². The van der Waals surface area contributed by atoms with Crippen molar-refractivity contribution >= 4 is 0 Å². The van der Waals surface area contributed by atoms with Gasteiger partial charge < -0.3 is 9.67 Å². The molecule has 2 aromatic heterocycles. The maximum Gasteiger partial charge on any atom is 0.147 e. The number of halogens is 1. The van der Waals surface area contributed by atoms with Crippen molar-refractivity contribution in [2.24, 2.45) is 0 Å². The fourth-order valence-corrected chi connectivity index (χ4v) is 1.91. The van der Waals surface area contributed by atoms with Gasteiger partial charge in [0.05, 0.1) is 12.3 Å². The summed E-state index contributed by atoms with van der Waals surface area (Å²) < 4.78 is 15.4. The lowest BCUT2D eigenvalue weighted by Gasteiger charge is -2.12. The van der Waals surface area contributed by atoms with E-state index in [4.69, 9.17) is 0 Å². The average molecular weight is 249 g/mol. The first-order valence-corrected chi connectivity index (χ1v) is 6.00. The molecule has 18 heavy (non-hydrogen) atoms. The zero-order valence-corrected chi connectivity index (χ0v) is 10.3. The first-order valence-electron chi connectivity index (χ1n) is 6.00. The Balaban J connectivity index is 2.14. The molecule has 0 aliphatic carbocycles. The van der Waals surface area contributed by atoms with Crippen LogP contribution < -0.4 is 0 Å². The lowest BCUT2D eigenvalue weighted by Crippen LogP contribution is -2.10. The third-order valence-corrected chi connectivity index (χ3v) is 2.80. The molecule has 0 aliphatic rings. The number of hydrogen-bond acceptors (Lipinski definition) is 3. The molecule has 2 heterocycles. The summed E-state index contributed by atoms with van der Waals surface area (Å²) >= 11 is 0. The molecule has 96 valence electrons.